The van der Waals surface area contributed by atoms with Gasteiger partial charge in [-0.1, -0.05) is 6.92 Å². The number of carbonyl (C=O) groups is 1. The second-order valence-electron chi connectivity index (χ2n) is 7.68. The predicted octanol–water partition coefficient (Wildman–Crippen LogP) is 2.51. The van der Waals surface area contributed by atoms with Crippen LogP contribution in [0.15, 0.2) is 34.1 Å². The van der Waals surface area contributed by atoms with Gasteiger partial charge in [0.05, 0.1) is 22.2 Å². The number of aromatic amines is 1. The molecule has 0 aliphatic rings. The second-order valence-corrected chi connectivity index (χ2v) is 9.70. The minimum atomic E-state index is -3.54. The lowest BCUT2D eigenvalue weighted by molar-refractivity contribution is 0.0952. The maximum atomic E-state index is 13.0. The topological polar surface area (TPSA) is 114 Å². The highest BCUT2D eigenvalue weighted by molar-refractivity contribution is 7.90. The minimum absolute atomic E-state index is 0.00792. The molecule has 0 radical (unpaired) electrons. The summed E-state index contributed by atoms with van der Waals surface area (Å²) in [6.45, 7) is 7.65. The van der Waals surface area contributed by atoms with Crippen LogP contribution in [-0.4, -0.2) is 35.3 Å². The Morgan fingerprint density at radius 1 is 1.27 bits per heavy atom. The van der Waals surface area contributed by atoms with Crippen LogP contribution >= 0.6 is 0 Å². The molecule has 9 heteroatoms. The number of aromatic nitrogens is 3. The Balaban J connectivity index is 2.04. The summed E-state index contributed by atoms with van der Waals surface area (Å²) in [5, 5.41) is 7.64. The first kappa shape index (κ1) is 21.8. The monoisotopic (exact) mass is 430 g/mol. The van der Waals surface area contributed by atoms with Gasteiger partial charge in [0, 0.05) is 35.5 Å². The van der Waals surface area contributed by atoms with Crippen LogP contribution in [0.2, 0.25) is 0 Å². The summed E-state index contributed by atoms with van der Waals surface area (Å²) in [5.41, 5.74) is 2.65. The fraction of sp³-hybridized carbons (Fsp3) is 0.381. The summed E-state index contributed by atoms with van der Waals surface area (Å²) in [6.07, 6.45) is 3.32. The molecule has 3 aromatic rings. The third kappa shape index (κ3) is 4.16. The van der Waals surface area contributed by atoms with Gasteiger partial charge in [0.25, 0.3) is 11.5 Å². The molecule has 0 unspecified atom stereocenters. The number of H-pyrrole nitrogens is 1. The predicted molar refractivity (Wildman–Crippen MR) is 116 cm³/mol. The fourth-order valence-corrected chi connectivity index (χ4v) is 4.15. The number of nitrogens with one attached hydrogen (secondary N) is 2. The number of fused-ring (bicyclic) bond motifs is 1. The van der Waals surface area contributed by atoms with Gasteiger partial charge in [0.15, 0.2) is 9.84 Å². The Bertz CT molecular complexity index is 1290. The summed E-state index contributed by atoms with van der Waals surface area (Å²) in [7, 11) is -3.54. The SMILES string of the molecule is CCc1cc(C)[nH]c(=O)c1CNC(=O)c1cc(S(C)(=O)=O)cc2c1cnn2C(C)C. The van der Waals surface area contributed by atoms with Crippen LogP contribution < -0.4 is 10.9 Å². The number of pyridine rings is 1. The summed E-state index contributed by atoms with van der Waals surface area (Å²) < 4.78 is 26.1. The van der Waals surface area contributed by atoms with Crippen molar-refractivity contribution < 1.29 is 13.2 Å². The van der Waals surface area contributed by atoms with Gasteiger partial charge >= 0.3 is 0 Å². The van der Waals surface area contributed by atoms with E-state index in [1.54, 1.807) is 10.9 Å². The molecule has 30 heavy (non-hydrogen) atoms. The van der Waals surface area contributed by atoms with Gasteiger partial charge in [0.1, 0.15) is 0 Å². The quantitative estimate of drug-likeness (QED) is 0.624. The Labute approximate surface area is 175 Å². The van der Waals surface area contributed by atoms with Gasteiger partial charge in [-0.15, -0.1) is 0 Å². The number of hydrogen-bond acceptors (Lipinski definition) is 5. The Hall–Kier alpha value is -2.94. The molecular formula is C21H26N4O4S. The van der Waals surface area contributed by atoms with Crippen molar-refractivity contribution >= 4 is 26.6 Å². The van der Waals surface area contributed by atoms with Crippen molar-refractivity contribution in [3.63, 3.8) is 0 Å². The standard InChI is InChI=1S/C21H26N4O4S/c1-6-14-7-13(4)24-21(27)17(14)10-22-20(26)16-8-15(30(5,28)29)9-19-18(16)11-23-25(19)12(2)3/h7-9,11-12H,6,10H2,1-5H3,(H,22,26)(H,24,27). The number of benzene rings is 1. The van der Waals surface area contributed by atoms with Crippen molar-refractivity contribution in [3.05, 3.63) is 57.1 Å². The number of rotatable bonds is 6. The molecule has 8 nitrogen and oxygen atoms in total. The van der Waals surface area contributed by atoms with E-state index < -0.39 is 15.7 Å². The third-order valence-electron chi connectivity index (χ3n) is 5.02. The highest BCUT2D eigenvalue weighted by Gasteiger charge is 2.20. The average molecular weight is 431 g/mol. The Morgan fingerprint density at radius 3 is 2.57 bits per heavy atom. The molecule has 1 aromatic carbocycles. The first-order chi connectivity index (χ1) is 14.0. The van der Waals surface area contributed by atoms with Gasteiger partial charge in [-0.3, -0.25) is 14.3 Å². The zero-order valence-corrected chi connectivity index (χ0v) is 18.6. The molecule has 0 saturated carbocycles. The lowest BCUT2D eigenvalue weighted by Gasteiger charge is -2.12. The molecule has 0 saturated heterocycles. The molecule has 3 rings (SSSR count). The van der Waals surface area contributed by atoms with E-state index in [0.717, 1.165) is 17.5 Å². The zero-order chi connectivity index (χ0) is 22.2. The normalized spacial score (nSPS) is 11.9. The Kier molecular flexibility index (Phi) is 5.85. The molecule has 2 N–H and O–H groups in total. The molecule has 0 atom stereocenters. The van der Waals surface area contributed by atoms with E-state index in [9.17, 15) is 18.0 Å². The van der Waals surface area contributed by atoms with Crippen molar-refractivity contribution in [2.45, 2.75) is 51.6 Å². The summed E-state index contributed by atoms with van der Waals surface area (Å²) in [5.74, 6) is -0.462. The fourth-order valence-electron chi connectivity index (χ4n) is 3.49. The molecule has 0 aliphatic heterocycles. The van der Waals surface area contributed by atoms with Gasteiger partial charge in [0.2, 0.25) is 0 Å². The number of hydrogen-bond donors (Lipinski definition) is 2. The molecule has 0 fully saturated rings. The number of carbonyl (C=O) groups excluding carboxylic acids is 1. The number of nitrogens with zero attached hydrogens (tertiary/aromatic N) is 2. The molecule has 2 aromatic heterocycles. The summed E-state index contributed by atoms with van der Waals surface area (Å²) in [6, 6.07) is 4.78. The lowest BCUT2D eigenvalue weighted by atomic mass is 10.1. The highest BCUT2D eigenvalue weighted by atomic mass is 32.2. The number of aryl methyl sites for hydroxylation is 2. The zero-order valence-electron chi connectivity index (χ0n) is 17.7. The minimum Gasteiger partial charge on any atom is -0.348 e. The summed E-state index contributed by atoms with van der Waals surface area (Å²) >= 11 is 0. The molecule has 0 bridgehead atoms. The maximum Gasteiger partial charge on any atom is 0.253 e. The van der Waals surface area contributed by atoms with Gasteiger partial charge in [-0.25, -0.2) is 8.42 Å². The first-order valence-electron chi connectivity index (χ1n) is 9.74. The first-order valence-corrected chi connectivity index (χ1v) is 11.6. The van der Waals surface area contributed by atoms with Crippen LogP contribution in [0, 0.1) is 6.92 Å². The molecule has 0 aliphatic carbocycles. The van der Waals surface area contributed by atoms with E-state index in [0.29, 0.717) is 22.9 Å². The van der Waals surface area contributed by atoms with Crippen LogP contribution in [-0.2, 0) is 22.8 Å². The van der Waals surface area contributed by atoms with Crippen molar-refractivity contribution in [2.75, 3.05) is 6.26 Å². The van der Waals surface area contributed by atoms with Crippen LogP contribution in [0.25, 0.3) is 10.9 Å². The van der Waals surface area contributed by atoms with Gasteiger partial charge in [-0.2, -0.15) is 5.10 Å². The maximum absolute atomic E-state index is 13.0. The van der Waals surface area contributed by atoms with Gasteiger partial charge in [-0.05, 0) is 51.0 Å². The Morgan fingerprint density at radius 2 is 1.97 bits per heavy atom. The summed E-state index contributed by atoms with van der Waals surface area (Å²) in [4.78, 5) is 28.2. The lowest BCUT2D eigenvalue weighted by Crippen LogP contribution is -2.28. The van der Waals surface area contributed by atoms with Crippen molar-refractivity contribution in [2.24, 2.45) is 0 Å². The molecule has 160 valence electrons. The van der Waals surface area contributed by atoms with Crippen molar-refractivity contribution in [3.8, 4) is 0 Å². The van der Waals surface area contributed by atoms with Crippen molar-refractivity contribution in [1.82, 2.24) is 20.1 Å². The van der Waals surface area contributed by atoms with Gasteiger partial charge < -0.3 is 10.3 Å². The second kappa shape index (κ2) is 8.06. The van der Waals surface area contributed by atoms with Crippen LogP contribution in [0.4, 0.5) is 0 Å². The smallest absolute Gasteiger partial charge is 0.253 e. The molecule has 0 spiro atoms. The van der Waals surface area contributed by atoms with Crippen LogP contribution in [0.3, 0.4) is 0 Å². The molecular weight excluding hydrogens is 404 g/mol. The van der Waals surface area contributed by atoms with Crippen molar-refractivity contribution in [1.29, 1.82) is 0 Å². The molecule has 1 amide bonds. The third-order valence-corrected chi connectivity index (χ3v) is 6.11. The van der Waals surface area contributed by atoms with Crippen LogP contribution in [0.5, 0.6) is 0 Å². The molecule has 2 heterocycles. The van der Waals surface area contributed by atoms with E-state index in [1.165, 1.54) is 12.1 Å². The van der Waals surface area contributed by atoms with E-state index in [1.807, 2.05) is 33.8 Å². The number of amides is 1. The highest BCUT2D eigenvalue weighted by Crippen LogP contribution is 2.26. The van der Waals surface area contributed by atoms with E-state index >= 15 is 0 Å². The largest absolute Gasteiger partial charge is 0.348 e. The van der Waals surface area contributed by atoms with E-state index in [2.05, 4.69) is 15.4 Å². The van der Waals surface area contributed by atoms with Crippen LogP contribution in [0.1, 0.15) is 54.0 Å². The van der Waals surface area contributed by atoms with E-state index in [4.69, 9.17) is 0 Å². The number of sulfone groups is 1. The van der Waals surface area contributed by atoms with E-state index in [-0.39, 0.29) is 28.6 Å². The average Bonchev–Trinajstić information content (AvgIpc) is 3.09.